The third-order valence-corrected chi connectivity index (χ3v) is 8.99. The molecule has 1 saturated carbocycles. The maximum Gasteiger partial charge on any atom is 0.272 e. The second-order valence-corrected chi connectivity index (χ2v) is 11.5. The van der Waals surface area contributed by atoms with Crippen LogP contribution < -0.4 is 14.8 Å². The average Bonchev–Trinajstić information content (AvgIpc) is 3.38. The van der Waals surface area contributed by atoms with E-state index in [0.29, 0.717) is 18.0 Å². The van der Waals surface area contributed by atoms with E-state index in [1.807, 2.05) is 83.4 Å². The van der Waals surface area contributed by atoms with Crippen molar-refractivity contribution >= 4 is 22.7 Å². The van der Waals surface area contributed by atoms with Crippen molar-refractivity contribution in [2.75, 3.05) is 14.2 Å². The predicted octanol–water partition coefficient (Wildman–Crippen LogP) is 6.44. The summed E-state index contributed by atoms with van der Waals surface area (Å²) < 4.78 is 12.9. The van der Waals surface area contributed by atoms with Gasteiger partial charge in [0, 0.05) is 24.0 Å². The summed E-state index contributed by atoms with van der Waals surface area (Å²) in [5, 5.41) is 4.39. The molecule has 1 aliphatic carbocycles. The van der Waals surface area contributed by atoms with Crippen LogP contribution in [0.25, 0.3) is 10.9 Å². The van der Waals surface area contributed by atoms with E-state index >= 15 is 0 Å². The van der Waals surface area contributed by atoms with Crippen LogP contribution in [0, 0.1) is 0 Å². The molecule has 2 amide bonds. The molecule has 218 valence electrons. The molecule has 1 fully saturated rings. The zero-order chi connectivity index (χ0) is 29.1. The van der Waals surface area contributed by atoms with E-state index in [2.05, 4.69) is 5.32 Å². The van der Waals surface area contributed by atoms with Crippen molar-refractivity contribution in [3.8, 4) is 11.5 Å². The number of fused-ring (bicyclic) bond motifs is 3. The minimum atomic E-state index is -1.26. The number of amides is 2. The molecule has 3 aromatic carbocycles. The second-order valence-electron chi connectivity index (χ2n) is 11.5. The van der Waals surface area contributed by atoms with Gasteiger partial charge in [-0.1, -0.05) is 74.6 Å². The lowest BCUT2D eigenvalue weighted by Crippen LogP contribution is -2.64. The van der Waals surface area contributed by atoms with E-state index in [0.717, 1.165) is 53.5 Å². The van der Waals surface area contributed by atoms with Gasteiger partial charge in [0.1, 0.15) is 17.2 Å². The van der Waals surface area contributed by atoms with Crippen molar-refractivity contribution in [1.29, 1.82) is 0 Å². The molecule has 1 aromatic heterocycles. The van der Waals surface area contributed by atoms with Crippen LogP contribution in [0.4, 0.5) is 0 Å². The Morgan fingerprint density at radius 1 is 0.857 bits per heavy atom. The zero-order valence-electron chi connectivity index (χ0n) is 24.5. The summed E-state index contributed by atoms with van der Waals surface area (Å²) in [6.45, 7) is 0.574. The van der Waals surface area contributed by atoms with Gasteiger partial charge in [0.25, 0.3) is 11.8 Å². The first-order valence-corrected chi connectivity index (χ1v) is 15.0. The molecule has 1 N–H and O–H groups in total. The normalized spacial score (nSPS) is 19.6. The summed E-state index contributed by atoms with van der Waals surface area (Å²) in [7, 11) is 3.27. The van der Waals surface area contributed by atoms with Gasteiger partial charge in [0.15, 0.2) is 5.54 Å². The third-order valence-electron chi connectivity index (χ3n) is 8.99. The van der Waals surface area contributed by atoms with E-state index in [1.165, 1.54) is 19.3 Å². The Hall–Kier alpha value is -4.26. The molecule has 6 rings (SSSR count). The number of rotatable bonds is 7. The fourth-order valence-corrected chi connectivity index (χ4v) is 6.65. The summed E-state index contributed by atoms with van der Waals surface area (Å²) in [6, 6.07) is 25.3. The number of carbonyl (C=O) groups is 2. The molecule has 0 bridgehead atoms. The van der Waals surface area contributed by atoms with Crippen LogP contribution in [0.3, 0.4) is 0 Å². The number of ether oxygens (including phenoxy) is 2. The van der Waals surface area contributed by atoms with Gasteiger partial charge < -0.3 is 24.3 Å². The molecule has 0 spiro atoms. The quantitative estimate of drug-likeness (QED) is 0.280. The van der Waals surface area contributed by atoms with Crippen molar-refractivity contribution < 1.29 is 19.1 Å². The van der Waals surface area contributed by atoms with E-state index in [1.54, 1.807) is 19.1 Å². The smallest absolute Gasteiger partial charge is 0.272 e. The highest BCUT2D eigenvalue weighted by molar-refractivity contribution is 6.04. The molecule has 42 heavy (non-hydrogen) atoms. The lowest BCUT2D eigenvalue weighted by Gasteiger charge is -2.47. The maximum atomic E-state index is 14.9. The number of nitrogens with one attached hydrogen (secondary N) is 1. The lowest BCUT2D eigenvalue weighted by molar-refractivity contribution is -0.136. The topological polar surface area (TPSA) is 72.8 Å². The van der Waals surface area contributed by atoms with Crippen molar-refractivity contribution in [2.45, 2.75) is 69.6 Å². The first-order chi connectivity index (χ1) is 20.5. The lowest BCUT2D eigenvalue weighted by atomic mass is 9.83. The zero-order valence-corrected chi connectivity index (χ0v) is 24.5. The van der Waals surface area contributed by atoms with Gasteiger partial charge in [-0.05, 0) is 54.3 Å². The molecule has 2 aliphatic rings. The summed E-state index contributed by atoms with van der Waals surface area (Å²) in [6.07, 6.45) is 7.76. The van der Waals surface area contributed by atoms with Crippen LogP contribution in [0.2, 0.25) is 0 Å². The molecule has 0 saturated heterocycles. The first-order valence-electron chi connectivity index (χ1n) is 15.0. The maximum absolute atomic E-state index is 14.9. The fraction of sp³-hybridized carbons (Fsp3) is 0.371. The highest BCUT2D eigenvalue weighted by atomic mass is 16.5. The second kappa shape index (κ2) is 11.9. The highest BCUT2D eigenvalue weighted by Gasteiger charge is 2.52. The molecular formula is C35H39N3O4. The summed E-state index contributed by atoms with van der Waals surface area (Å²) in [5.74, 6) is 1.15. The van der Waals surface area contributed by atoms with E-state index in [9.17, 15) is 9.59 Å². The molecule has 7 nitrogen and oxygen atoms in total. The third kappa shape index (κ3) is 5.13. The van der Waals surface area contributed by atoms with Crippen molar-refractivity contribution in [2.24, 2.45) is 0 Å². The largest absolute Gasteiger partial charge is 0.497 e. The molecule has 0 unspecified atom stereocenters. The minimum Gasteiger partial charge on any atom is -0.497 e. The van der Waals surface area contributed by atoms with Crippen molar-refractivity contribution in [3.63, 3.8) is 0 Å². The van der Waals surface area contributed by atoms with Gasteiger partial charge in [-0.3, -0.25) is 9.59 Å². The molecular weight excluding hydrogens is 526 g/mol. The number of nitrogens with zero attached hydrogens (tertiary/aromatic N) is 2. The minimum absolute atomic E-state index is 0.0826. The number of benzene rings is 3. The Morgan fingerprint density at radius 3 is 2.21 bits per heavy atom. The van der Waals surface area contributed by atoms with Gasteiger partial charge in [-0.15, -0.1) is 0 Å². The number of carbonyl (C=O) groups excluding carboxylic acids is 2. The SMILES string of the molecule is COc1ccc(CN2C(=O)c3cc4ccc(OC)cc4n3C[C@]2(C(=O)NC2CCCCCCC2)c2ccccc2)cc1. The molecule has 4 aromatic rings. The molecule has 2 heterocycles. The Morgan fingerprint density at radius 2 is 1.52 bits per heavy atom. The number of aromatic nitrogens is 1. The van der Waals surface area contributed by atoms with Gasteiger partial charge in [-0.2, -0.15) is 0 Å². The first kappa shape index (κ1) is 27.9. The van der Waals surface area contributed by atoms with Crippen LogP contribution in [0.5, 0.6) is 11.5 Å². The van der Waals surface area contributed by atoms with Gasteiger partial charge >= 0.3 is 0 Å². The molecule has 0 radical (unpaired) electrons. The standard InChI is InChI=1S/C35H39N3O4/c1-41-29-18-15-25(16-19-29)23-38-33(39)32-21-26-17-20-30(42-2)22-31(26)37(32)24-35(38,27-11-7-6-8-12-27)34(40)36-28-13-9-4-3-5-10-14-28/h6-8,11-12,15-22,28H,3-5,9-10,13-14,23-24H2,1-2H3,(H,36,40)/t35-/m1/s1. The Labute approximate surface area is 247 Å². The van der Waals surface area contributed by atoms with Crippen LogP contribution in [0.1, 0.15) is 66.6 Å². The monoisotopic (exact) mass is 565 g/mol. The Bertz CT molecular complexity index is 1550. The number of hydrogen-bond donors (Lipinski definition) is 1. The Kier molecular flexibility index (Phi) is 7.92. The van der Waals surface area contributed by atoms with Crippen molar-refractivity contribution in [1.82, 2.24) is 14.8 Å². The number of methoxy groups -OCH3 is 2. The molecule has 1 aliphatic heterocycles. The fourth-order valence-electron chi connectivity index (χ4n) is 6.65. The van der Waals surface area contributed by atoms with Crippen LogP contribution in [0.15, 0.2) is 78.9 Å². The van der Waals surface area contributed by atoms with Gasteiger partial charge in [-0.25, -0.2) is 0 Å². The van der Waals surface area contributed by atoms with Crippen molar-refractivity contribution in [3.05, 3.63) is 95.7 Å². The van der Waals surface area contributed by atoms with Gasteiger partial charge in [0.05, 0.1) is 26.3 Å². The van der Waals surface area contributed by atoms with E-state index < -0.39 is 5.54 Å². The average molecular weight is 566 g/mol. The summed E-state index contributed by atoms with van der Waals surface area (Å²) in [4.78, 5) is 31.3. The van der Waals surface area contributed by atoms with E-state index in [4.69, 9.17) is 9.47 Å². The Balaban J connectivity index is 1.51. The summed E-state index contributed by atoms with van der Waals surface area (Å²) >= 11 is 0. The van der Waals surface area contributed by atoms with Crippen LogP contribution in [-0.2, 0) is 23.4 Å². The van der Waals surface area contributed by atoms with E-state index in [-0.39, 0.29) is 24.4 Å². The molecule has 7 heteroatoms. The predicted molar refractivity (Wildman–Crippen MR) is 164 cm³/mol. The van der Waals surface area contributed by atoms with Gasteiger partial charge in [0.2, 0.25) is 0 Å². The highest BCUT2D eigenvalue weighted by Crippen LogP contribution is 2.41. The van der Waals surface area contributed by atoms with Crippen LogP contribution >= 0.6 is 0 Å². The van der Waals surface area contributed by atoms with Crippen LogP contribution in [-0.4, -0.2) is 41.5 Å². The molecule has 1 atom stereocenters. The number of hydrogen-bond acceptors (Lipinski definition) is 4. The summed E-state index contributed by atoms with van der Waals surface area (Å²) in [5.41, 5.74) is 1.90.